The zero-order chi connectivity index (χ0) is 10.3. The Morgan fingerprint density at radius 2 is 2.43 bits per heavy atom. The van der Waals surface area contributed by atoms with Gasteiger partial charge in [0, 0.05) is 12.4 Å². The van der Waals surface area contributed by atoms with Crippen LogP contribution < -0.4 is 0 Å². The van der Waals surface area contributed by atoms with Gasteiger partial charge >= 0.3 is 6.09 Å². The van der Waals surface area contributed by atoms with Crippen molar-refractivity contribution < 1.29 is 15.0 Å². The van der Waals surface area contributed by atoms with Crippen molar-refractivity contribution in [2.24, 2.45) is 0 Å². The number of carbonyl (C=O) groups is 1. The topological polar surface area (TPSA) is 78.6 Å². The minimum absolute atomic E-state index is 0.131. The average Bonchev–Trinajstić information content (AvgIpc) is 2.65. The molecular weight excluding hydrogens is 186 g/mol. The van der Waals surface area contributed by atoms with E-state index in [1.165, 1.54) is 4.68 Å². The Labute approximate surface area is 80.4 Å². The fourth-order valence-corrected chi connectivity index (χ4v) is 1.68. The van der Waals surface area contributed by atoms with Gasteiger partial charge in [0.1, 0.15) is 6.10 Å². The van der Waals surface area contributed by atoms with Gasteiger partial charge in [-0.2, -0.15) is 5.10 Å². The van der Waals surface area contributed by atoms with Gasteiger partial charge in [0.05, 0.1) is 6.54 Å². The van der Waals surface area contributed by atoms with Gasteiger partial charge in [-0.1, -0.05) is 0 Å². The lowest BCUT2D eigenvalue weighted by Gasteiger charge is -2.52. The lowest BCUT2D eigenvalue weighted by atomic mass is 9.93. The summed E-state index contributed by atoms with van der Waals surface area (Å²) in [5.41, 5.74) is -0.963. The Morgan fingerprint density at radius 1 is 1.71 bits per heavy atom. The van der Waals surface area contributed by atoms with Crippen LogP contribution in [0.25, 0.3) is 0 Å². The lowest BCUT2D eigenvalue weighted by molar-refractivity contribution is -0.161. The highest BCUT2D eigenvalue weighted by Crippen LogP contribution is 2.34. The summed E-state index contributed by atoms with van der Waals surface area (Å²) >= 11 is 0. The van der Waals surface area contributed by atoms with E-state index in [9.17, 15) is 9.90 Å². The van der Waals surface area contributed by atoms with E-state index >= 15 is 0 Å². The highest BCUT2D eigenvalue weighted by molar-refractivity contribution is 5.67. The number of rotatable bonds is 1. The SMILES string of the molecule is CC1(n2cccn2)C(O)CN1C(=O)O. The van der Waals surface area contributed by atoms with Crippen molar-refractivity contribution in [3.05, 3.63) is 18.5 Å². The second-order valence-electron chi connectivity index (χ2n) is 3.45. The monoisotopic (exact) mass is 197 g/mol. The number of nitrogens with zero attached hydrogens (tertiary/aromatic N) is 3. The molecule has 0 aromatic carbocycles. The minimum Gasteiger partial charge on any atom is -0.465 e. The molecule has 1 amide bonds. The lowest BCUT2D eigenvalue weighted by Crippen LogP contribution is -2.71. The van der Waals surface area contributed by atoms with Crippen LogP contribution in [0.4, 0.5) is 4.79 Å². The maximum atomic E-state index is 10.8. The van der Waals surface area contributed by atoms with Crippen LogP contribution in [-0.4, -0.2) is 43.6 Å². The molecule has 76 valence electrons. The molecule has 0 spiro atoms. The van der Waals surface area contributed by atoms with Crippen LogP contribution in [0.15, 0.2) is 18.5 Å². The van der Waals surface area contributed by atoms with Crippen LogP contribution in [0.5, 0.6) is 0 Å². The van der Waals surface area contributed by atoms with Crippen LogP contribution in [0.3, 0.4) is 0 Å². The summed E-state index contributed by atoms with van der Waals surface area (Å²) < 4.78 is 1.45. The number of aliphatic hydroxyl groups excluding tert-OH is 1. The predicted molar refractivity (Wildman–Crippen MR) is 46.6 cm³/mol. The first-order valence-corrected chi connectivity index (χ1v) is 4.25. The smallest absolute Gasteiger partial charge is 0.409 e. The minimum atomic E-state index is -1.05. The number of hydrogen-bond acceptors (Lipinski definition) is 3. The predicted octanol–water partition coefficient (Wildman–Crippen LogP) is -0.0897. The van der Waals surface area contributed by atoms with Gasteiger partial charge in [0.2, 0.25) is 0 Å². The standard InChI is InChI=1S/C8H11N3O3/c1-8(11-4-2-3-9-11)6(12)5-10(8)7(13)14/h2-4,6,12H,5H2,1H3,(H,13,14). The molecule has 6 heteroatoms. The third kappa shape index (κ3) is 0.941. The van der Waals surface area contributed by atoms with E-state index in [2.05, 4.69) is 5.10 Å². The van der Waals surface area contributed by atoms with Crippen molar-refractivity contribution in [1.29, 1.82) is 0 Å². The molecule has 1 aromatic heterocycles. The molecule has 1 aliphatic heterocycles. The molecule has 2 unspecified atom stereocenters. The van der Waals surface area contributed by atoms with E-state index in [0.29, 0.717) is 0 Å². The Kier molecular flexibility index (Phi) is 1.75. The number of likely N-dealkylation sites (tertiary alicyclic amines) is 1. The molecular formula is C8H11N3O3. The molecule has 2 rings (SSSR count). The fourth-order valence-electron chi connectivity index (χ4n) is 1.68. The molecule has 0 radical (unpaired) electrons. The van der Waals surface area contributed by atoms with Crippen LogP contribution in [0.2, 0.25) is 0 Å². The van der Waals surface area contributed by atoms with Crippen LogP contribution in [-0.2, 0) is 5.66 Å². The second kappa shape index (κ2) is 2.71. The highest BCUT2D eigenvalue weighted by atomic mass is 16.4. The second-order valence-corrected chi connectivity index (χ2v) is 3.45. The Hall–Kier alpha value is -1.56. The number of carboxylic acid groups (broad SMARTS) is 1. The molecule has 0 saturated carbocycles. The van der Waals surface area contributed by atoms with E-state index in [-0.39, 0.29) is 6.54 Å². The van der Waals surface area contributed by atoms with Gasteiger partial charge < -0.3 is 10.2 Å². The first-order valence-electron chi connectivity index (χ1n) is 4.25. The van der Waals surface area contributed by atoms with Gasteiger partial charge in [0.15, 0.2) is 5.66 Å². The number of hydrogen-bond donors (Lipinski definition) is 2. The normalized spacial score (nSPS) is 31.3. The molecule has 14 heavy (non-hydrogen) atoms. The fraction of sp³-hybridized carbons (Fsp3) is 0.500. The summed E-state index contributed by atoms with van der Waals surface area (Å²) in [6, 6.07) is 1.69. The quantitative estimate of drug-likeness (QED) is 0.659. The number of amides is 1. The highest BCUT2D eigenvalue weighted by Gasteiger charge is 2.54. The third-order valence-corrected chi connectivity index (χ3v) is 2.73. The Bertz CT molecular complexity index is 351. The van der Waals surface area contributed by atoms with Gasteiger partial charge in [-0.15, -0.1) is 0 Å². The maximum absolute atomic E-state index is 10.8. The molecule has 2 heterocycles. The van der Waals surface area contributed by atoms with Crippen molar-refractivity contribution in [2.75, 3.05) is 6.54 Å². The molecule has 6 nitrogen and oxygen atoms in total. The number of aliphatic hydroxyl groups is 1. The summed E-state index contributed by atoms with van der Waals surface area (Å²) in [4.78, 5) is 12.0. The molecule has 1 aromatic rings. The average molecular weight is 197 g/mol. The van der Waals surface area contributed by atoms with E-state index in [1.807, 2.05) is 0 Å². The molecule has 2 atom stereocenters. The van der Waals surface area contributed by atoms with Crippen LogP contribution in [0.1, 0.15) is 6.92 Å². The van der Waals surface area contributed by atoms with Crippen molar-refractivity contribution in [3.8, 4) is 0 Å². The number of β-amino-alcohol motifs (C(OH)–C–C–N with tert-alkyl or cyclic N) is 1. The van der Waals surface area contributed by atoms with Gasteiger partial charge in [0.25, 0.3) is 0 Å². The zero-order valence-corrected chi connectivity index (χ0v) is 7.66. The summed E-state index contributed by atoms with van der Waals surface area (Å²) in [5, 5.41) is 22.4. The van der Waals surface area contributed by atoms with Gasteiger partial charge in [-0.3, -0.25) is 4.90 Å². The zero-order valence-electron chi connectivity index (χ0n) is 7.66. The van der Waals surface area contributed by atoms with Crippen molar-refractivity contribution >= 4 is 6.09 Å². The Morgan fingerprint density at radius 3 is 2.86 bits per heavy atom. The summed E-state index contributed by atoms with van der Waals surface area (Å²) in [7, 11) is 0. The molecule has 0 aliphatic carbocycles. The third-order valence-electron chi connectivity index (χ3n) is 2.73. The van der Waals surface area contributed by atoms with E-state index in [0.717, 1.165) is 4.90 Å². The van der Waals surface area contributed by atoms with E-state index < -0.39 is 17.9 Å². The van der Waals surface area contributed by atoms with Crippen LogP contribution >= 0.6 is 0 Å². The largest absolute Gasteiger partial charge is 0.465 e. The van der Waals surface area contributed by atoms with Crippen molar-refractivity contribution in [2.45, 2.75) is 18.7 Å². The molecule has 0 bridgehead atoms. The van der Waals surface area contributed by atoms with E-state index in [1.54, 1.807) is 25.4 Å². The first kappa shape index (κ1) is 9.01. The Balaban J connectivity index is 2.34. The summed E-state index contributed by atoms with van der Waals surface area (Å²) in [6.45, 7) is 1.77. The summed E-state index contributed by atoms with van der Waals surface area (Å²) in [5.74, 6) is 0. The van der Waals surface area contributed by atoms with Crippen molar-refractivity contribution in [1.82, 2.24) is 14.7 Å². The molecule has 2 N–H and O–H groups in total. The molecule has 1 fully saturated rings. The maximum Gasteiger partial charge on any atom is 0.409 e. The molecule has 1 saturated heterocycles. The first-order chi connectivity index (χ1) is 6.56. The van der Waals surface area contributed by atoms with Gasteiger partial charge in [-0.05, 0) is 13.0 Å². The van der Waals surface area contributed by atoms with E-state index in [4.69, 9.17) is 5.11 Å². The summed E-state index contributed by atoms with van der Waals surface area (Å²) in [6.07, 6.45) is 1.43. The van der Waals surface area contributed by atoms with Crippen molar-refractivity contribution in [3.63, 3.8) is 0 Å². The molecule has 1 aliphatic rings. The van der Waals surface area contributed by atoms with Crippen LogP contribution in [0, 0.1) is 0 Å². The van der Waals surface area contributed by atoms with Gasteiger partial charge in [-0.25, -0.2) is 9.48 Å². The number of aromatic nitrogens is 2.